The standard InChI is InChI=1S/C16H28N2O6/c1-15(13-17(3-7-19)4-8-20)23-11-12-24-16(2)14-18(5-9-21)6-10-22/h7-10,15-16H,3-6,11-14H2,1-2H3. The van der Waals surface area contributed by atoms with Crippen molar-refractivity contribution in [2.75, 3.05) is 52.5 Å². The molecule has 0 spiro atoms. The van der Waals surface area contributed by atoms with Crippen molar-refractivity contribution in [3.63, 3.8) is 0 Å². The lowest BCUT2D eigenvalue weighted by molar-refractivity contribution is -0.114. The van der Waals surface area contributed by atoms with Crippen LogP contribution in [0, 0.1) is 0 Å². The van der Waals surface area contributed by atoms with Crippen LogP contribution in [-0.2, 0) is 28.7 Å². The summed E-state index contributed by atoms with van der Waals surface area (Å²) in [5, 5.41) is 0. The number of ether oxygens (including phenoxy) is 2. The first-order chi connectivity index (χ1) is 11.6. The third-order valence-corrected chi connectivity index (χ3v) is 3.25. The van der Waals surface area contributed by atoms with E-state index < -0.39 is 0 Å². The van der Waals surface area contributed by atoms with E-state index in [2.05, 4.69) is 0 Å². The molecule has 0 fully saturated rings. The lowest BCUT2D eigenvalue weighted by atomic mass is 10.3. The SMILES string of the molecule is CC(CN(CC=O)CC=O)OCCOC(C)CN(CC=O)CC=O. The Labute approximate surface area is 143 Å². The molecule has 2 atom stereocenters. The summed E-state index contributed by atoms with van der Waals surface area (Å²) in [6, 6.07) is 0. The van der Waals surface area contributed by atoms with E-state index in [4.69, 9.17) is 9.47 Å². The van der Waals surface area contributed by atoms with Crippen molar-refractivity contribution < 1.29 is 28.7 Å². The van der Waals surface area contributed by atoms with Gasteiger partial charge in [-0.05, 0) is 13.8 Å². The van der Waals surface area contributed by atoms with Crippen molar-refractivity contribution in [3.8, 4) is 0 Å². The fourth-order valence-corrected chi connectivity index (χ4v) is 2.20. The number of nitrogens with zero attached hydrogens (tertiary/aromatic N) is 2. The molecule has 0 saturated carbocycles. The second-order valence-electron chi connectivity index (χ2n) is 5.47. The zero-order chi connectivity index (χ0) is 18.2. The molecule has 0 rings (SSSR count). The number of hydrogen-bond donors (Lipinski definition) is 0. The summed E-state index contributed by atoms with van der Waals surface area (Å²) < 4.78 is 11.2. The van der Waals surface area contributed by atoms with Crippen molar-refractivity contribution in [2.24, 2.45) is 0 Å². The van der Waals surface area contributed by atoms with Gasteiger partial charge in [0.25, 0.3) is 0 Å². The molecule has 0 aromatic rings. The summed E-state index contributed by atoms with van der Waals surface area (Å²) in [6.07, 6.45) is 2.75. The fraction of sp³-hybridized carbons (Fsp3) is 0.750. The van der Waals surface area contributed by atoms with E-state index in [1.165, 1.54) is 0 Å². The highest BCUT2D eigenvalue weighted by Gasteiger charge is 2.12. The second kappa shape index (κ2) is 15.1. The van der Waals surface area contributed by atoms with Gasteiger partial charge >= 0.3 is 0 Å². The Morgan fingerprint density at radius 1 is 0.667 bits per heavy atom. The number of hydrogen-bond acceptors (Lipinski definition) is 8. The van der Waals surface area contributed by atoms with Crippen LogP contribution >= 0.6 is 0 Å². The molecular formula is C16H28N2O6. The smallest absolute Gasteiger partial charge is 0.133 e. The minimum Gasteiger partial charge on any atom is -0.375 e. The van der Waals surface area contributed by atoms with Gasteiger partial charge < -0.3 is 28.7 Å². The van der Waals surface area contributed by atoms with Crippen LogP contribution in [0.1, 0.15) is 13.8 Å². The Morgan fingerprint density at radius 2 is 0.958 bits per heavy atom. The second-order valence-corrected chi connectivity index (χ2v) is 5.47. The van der Waals surface area contributed by atoms with Gasteiger partial charge in [-0.25, -0.2) is 0 Å². The number of rotatable bonds is 17. The fourth-order valence-electron chi connectivity index (χ4n) is 2.20. The molecule has 2 unspecified atom stereocenters. The summed E-state index contributed by atoms with van der Waals surface area (Å²) in [4.78, 5) is 45.5. The molecule has 0 aliphatic carbocycles. The average molecular weight is 344 g/mol. The molecule has 8 nitrogen and oxygen atoms in total. The number of carbonyl (C=O) groups excluding carboxylic acids is 4. The Kier molecular flexibility index (Phi) is 14.1. The Balaban J connectivity index is 3.92. The molecule has 0 N–H and O–H groups in total. The van der Waals surface area contributed by atoms with Crippen LogP contribution in [-0.4, -0.2) is 99.6 Å². The summed E-state index contributed by atoms with van der Waals surface area (Å²) in [7, 11) is 0. The highest BCUT2D eigenvalue weighted by atomic mass is 16.5. The Bertz CT molecular complexity index is 312. The maximum atomic E-state index is 10.5. The van der Waals surface area contributed by atoms with Gasteiger partial charge in [0, 0.05) is 13.1 Å². The molecule has 0 heterocycles. The van der Waals surface area contributed by atoms with Crippen LogP contribution in [0.5, 0.6) is 0 Å². The molecule has 0 aromatic carbocycles. The summed E-state index contributed by atoms with van der Waals surface area (Å²) >= 11 is 0. The van der Waals surface area contributed by atoms with E-state index in [1.54, 1.807) is 9.80 Å². The first-order valence-electron chi connectivity index (χ1n) is 7.99. The topological polar surface area (TPSA) is 93.2 Å². The number of carbonyl (C=O) groups is 4. The van der Waals surface area contributed by atoms with Gasteiger partial charge in [-0.1, -0.05) is 0 Å². The molecule has 0 bridgehead atoms. The van der Waals surface area contributed by atoms with Gasteiger partial charge in [-0.3, -0.25) is 9.80 Å². The lowest BCUT2D eigenvalue weighted by Gasteiger charge is -2.23. The Hall–Kier alpha value is -1.48. The van der Waals surface area contributed by atoms with Crippen LogP contribution in [0.4, 0.5) is 0 Å². The van der Waals surface area contributed by atoms with Gasteiger partial charge in [0.2, 0.25) is 0 Å². The predicted octanol–water partition coefficient (Wildman–Crippen LogP) is -0.804. The largest absolute Gasteiger partial charge is 0.375 e. The normalized spacial score (nSPS) is 13.7. The quantitative estimate of drug-likeness (QED) is 0.250. The van der Waals surface area contributed by atoms with Gasteiger partial charge in [0.15, 0.2) is 0 Å². The molecule has 138 valence electrons. The summed E-state index contributed by atoms with van der Waals surface area (Å²) in [5.74, 6) is 0. The van der Waals surface area contributed by atoms with Crippen LogP contribution in [0.25, 0.3) is 0 Å². The van der Waals surface area contributed by atoms with Crippen LogP contribution in [0.2, 0.25) is 0 Å². The third-order valence-electron chi connectivity index (χ3n) is 3.25. The highest BCUT2D eigenvalue weighted by Crippen LogP contribution is 1.99. The molecule has 0 aromatic heterocycles. The average Bonchev–Trinajstić information content (AvgIpc) is 2.52. The van der Waals surface area contributed by atoms with Gasteiger partial charge in [0.05, 0.1) is 51.6 Å². The zero-order valence-electron chi connectivity index (χ0n) is 14.5. The lowest BCUT2D eigenvalue weighted by Crippen LogP contribution is -2.36. The van der Waals surface area contributed by atoms with E-state index in [0.717, 1.165) is 25.1 Å². The zero-order valence-corrected chi connectivity index (χ0v) is 14.5. The van der Waals surface area contributed by atoms with Gasteiger partial charge in [-0.15, -0.1) is 0 Å². The predicted molar refractivity (Wildman–Crippen MR) is 88.0 cm³/mol. The van der Waals surface area contributed by atoms with Crippen molar-refractivity contribution in [1.82, 2.24) is 9.80 Å². The van der Waals surface area contributed by atoms with E-state index in [1.807, 2.05) is 13.8 Å². The van der Waals surface area contributed by atoms with Crippen LogP contribution in [0.15, 0.2) is 0 Å². The van der Waals surface area contributed by atoms with Crippen LogP contribution < -0.4 is 0 Å². The van der Waals surface area contributed by atoms with E-state index >= 15 is 0 Å². The molecule has 8 heteroatoms. The minimum absolute atomic E-state index is 0.134. The highest BCUT2D eigenvalue weighted by molar-refractivity contribution is 5.56. The van der Waals surface area contributed by atoms with Crippen molar-refractivity contribution in [2.45, 2.75) is 26.1 Å². The summed E-state index contributed by atoms with van der Waals surface area (Å²) in [6.45, 7) is 6.24. The molecule has 0 aliphatic rings. The monoisotopic (exact) mass is 344 g/mol. The molecular weight excluding hydrogens is 316 g/mol. The van der Waals surface area contributed by atoms with Crippen molar-refractivity contribution in [3.05, 3.63) is 0 Å². The summed E-state index contributed by atoms with van der Waals surface area (Å²) in [5.41, 5.74) is 0. The van der Waals surface area contributed by atoms with E-state index in [9.17, 15) is 19.2 Å². The molecule has 0 radical (unpaired) electrons. The van der Waals surface area contributed by atoms with E-state index in [0.29, 0.717) is 26.3 Å². The maximum absolute atomic E-state index is 10.5. The first-order valence-corrected chi connectivity index (χ1v) is 7.99. The van der Waals surface area contributed by atoms with E-state index in [-0.39, 0.29) is 38.4 Å². The minimum atomic E-state index is -0.134. The van der Waals surface area contributed by atoms with Gasteiger partial charge in [-0.2, -0.15) is 0 Å². The van der Waals surface area contributed by atoms with Crippen molar-refractivity contribution >= 4 is 25.1 Å². The molecule has 0 aliphatic heterocycles. The molecule has 24 heavy (non-hydrogen) atoms. The maximum Gasteiger partial charge on any atom is 0.133 e. The van der Waals surface area contributed by atoms with Crippen molar-refractivity contribution in [1.29, 1.82) is 0 Å². The molecule has 0 amide bonds. The third kappa shape index (κ3) is 12.0. The van der Waals surface area contributed by atoms with Crippen LogP contribution in [0.3, 0.4) is 0 Å². The molecule has 0 saturated heterocycles. The first kappa shape index (κ1) is 22.5. The van der Waals surface area contributed by atoms with Gasteiger partial charge in [0.1, 0.15) is 25.1 Å². The number of aldehydes is 4. The Morgan fingerprint density at radius 3 is 1.21 bits per heavy atom.